The predicted octanol–water partition coefficient (Wildman–Crippen LogP) is 4.16. The van der Waals surface area contributed by atoms with Crippen molar-refractivity contribution in [1.29, 1.82) is 0 Å². The number of carbonyl (C=O) groups excluding carboxylic acids is 1. The van der Waals surface area contributed by atoms with Gasteiger partial charge in [0, 0.05) is 15.6 Å². The van der Waals surface area contributed by atoms with E-state index in [1.807, 2.05) is 42.5 Å². The van der Waals surface area contributed by atoms with Crippen LogP contribution in [-0.2, 0) is 11.2 Å². The normalized spacial score (nSPS) is 19.2. The number of amides is 1. The highest BCUT2D eigenvalue weighted by Gasteiger charge is 2.30. The summed E-state index contributed by atoms with van der Waals surface area (Å²) >= 11 is 13.5. The van der Waals surface area contributed by atoms with Gasteiger partial charge in [-0.15, -0.1) is 5.10 Å². The molecule has 3 rings (SSSR count). The maximum atomic E-state index is 12.1. The van der Waals surface area contributed by atoms with E-state index in [0.29, 0.717) is 21.6 Å². The Balaban J connectivity index is 1.66. The summed E-state index contributed by atoms with van der Waals surface area (Å²) in [7, 11) is 0. The number of nitrogens with zero attached hydrogens (tertiary/aromatic N) is 2. The average Bonchev–Trinajstić information content (AvgIpc) is 2.91. The van der Waals surface area contributed by atoms with Crippen molar-refractivity contribution in [3.63, 3.8) is 0 Å². The van der Waals surface area contributed by atoms with Crippen molar-refractivity contribution in [3.05, 3.63) is 69.7 Å². The molecule has 0 bridgehead atoms. The minimum Gasteiger partial charge on any atom is -0.303 e. The van der Waals surface area contributed by atoms with Crippen LogP contribution in [0.4, 0.5) is 0 Å². The lowest BCUT2D eigenvalue weighted by molar-refractivity contribution is -0.118. The van der Waals surface area contributed by atoms with Gasteiger partial charge in [0.15, 0.2) is 5.17 Å². The van der Waals surface area contributed by atoms with Gasteiger partial charge in [0.1, 0.15) is 0 Å². The van der Waals surface area contributed by atoms with Crippen molar-refractivity contribution in [2.24, 2.45) is 10.2 Å². The van der Waals surface area contributed by atoms with Gasteiger partial charge in [-0.1, -0.05) is 71.4 Å². The lowest BCUT2D eigenvalue weighted by atomic mass is 10.1. The minimum atomic E-state index is -0.265. The molecule has 1 atom stereocenters. The molecular weight excluding hydrogens is 365 g/mol. The standard InChI is InChI=1S/C17H13Cl2N3OS/c18-13-7-3-1-5-11(13)9-15-16(23)21-17(24-15)22-20-10-12-6-2-4-8-14(12)19/h1-8,10,15H,9H2,(H,21,22,23). The number of thioether (sulfide) groups is 1. The van der Waals surface area contributed by atoms with Gasteiger partial charge in [-0.2, -0.15) is 5.10 Å². The van der Waals surface area contributed by atoms with Gasteiger partial charge >= 0.3 is 0 Å². The van der Waals surface area contributed by atoms with Gasteiger partial charge in [0.05, 0.1) is 11.5 Å². The first-order chi connectivity index (χ1) is 11.6. The second-order valence-electron chi connectivity index (χ2n) is 5.06. The fourth-order valence-corrected chi connectivity index (χ4v) is 3.52. The van der Waals surface area contributed by atoms with E-state index in [1.165, 1.54) is 11.8 Å². The SMILES string of the molecule is O=C1NC(=NN=Cc2ccccc2Cl)SC1Cc1ccccc1Cl. The zero-order valence-electron chi connectivity index (χ0n) is 12.4. The van der Waals surface area contributed by atoms with Crippen LogP contribution in [0.5, 0.6) is 0 Å². The number of rotatable bonds is 4. The maximum Gasteiger partial charge on any atom is 0.239 e. The zero-order chi connectivity index (χ0) is 16.9. The van der Waals surface area contributed by atoms with E-state index in [2.05, 4.69) is 15.5 Å². The smallest absolute Gasteiger partial charge is 0.239 e. The van der Waals surface area contributed by atoms with Crippen molar-refractivity contribution >= 4 is 52.3 Å². The van der Waals surface area contributed by atoms with Crippen molar-refractivity contribution in [3.8, 4) is 0 Å². The van der Waals surface area contributed by atoms with Crippen LogP contribution in [0.15, 0.2) is 58.7 Å². The molecular formula is C17H13Cl2N3OS. The van der Waals surface area contributed by atoms with Crippen molar-refractivity contribution in [1.82, 2.24) is 5.32 Å². The summed E-state index contributed by atoms with van der Waals surface area (Å²) < 4.78 is 0. The first kappa shape index (κ1) is 17.0. The van der Waals surface area contributed by atoms with Gasteiger partial charge < -0.3 is 5.32 Å². The molecule has 1 saturated heterocycles. The first-order valence-corrected chi connectivity index (χ1v) is 8.83. The molecule has 1 N–H and O–H groups in total. The van der Waals surface area contributed by atoms with Crippen molar-refractivity contribution in [2.45, 2.75) is 11.7 Å². The number of benzene rings is 2. The summed E-state index contributed by atoms with van der Waals surface area (Å²) in [5.74, 6) is -0.0911. The van der Waals surface area contributed by atoms with Crippen LogP contribution in [0.25, 0.3) is 0 Å². The van der Waals surface area contributed by atoms with E-state index in [4.69, 9.17) is 23.2 Å². The number of halogens is 2. The number of amidine groups is 1. The summed E-state index contributed by atoms with van der Waals surface area (Å²) in [6, 6.07) is 14.8. The Morgan fingerprint density at radius 2 is 1.79 bits per heavy atom. The number of nitrogens with one attached hydrogen (secondary N) is 1. The topological polar surface area (TPSA) is 53.8 Å². The molecule has 1 heterocycles. The second-order valence-corrected chi connectivity index (χ2v) is 7.07. The van der Waals surface area contributed by atoms with Crippen LogP contribution in [-0.4, -0.2) is 22.5 Å². The van der Waals surface area contributed by atoms with Crippen LogP contribution in [0, 0.1) is 0 Å². The Hall–Kier alpha value is -1.82. The quantitative estimate of drug-likeness (QED) is 0.642. The van der Waals surface area contributed by atoms with Gasteiger partial charge in [0.25, 0.3) is 0 Å². The highest BCUT2D eigenvalue weighted by Crippen LogP contribution is 2.26. The lowest BCUT2D eigenvalue weighted by Crippen LogP contribution is -2.26. The molecule has 122 valence electrons. The van der Waals surface area contributed by atoms with Crippen LogP contribution in [0.2, 0.25) is 10.0 Å². The largest absolute Gasteiger partial charge is 0.303 e. The highest BCUT2D eigenvalue weighted by atomic mass is 35.5. The van der Waals surface area contributed by atoms with E-state index in [1.54, 1.807) is 12.3 Å². The number of hydrogen-bond acceptors (Lipinski definition) is 4. The number of hydrogen-bond donors (Lipinski definition) is 1. The van der Waals surface area contributed by atoms with E-state index in [-0.39, 0.29) is 11.2 Å². The third kappa shape index (κ3) is 4.17. The Labute approximate surface area is 154 Å². The minimum absolute atomic E-state index is 0.0911. The zero-order valence-corrected chi connectivity index (χ0v) is 14.8. The fraction of sp³-hybridized carbons (Fsp3) is 0.118. The third-order valence-electron chi connectivity index (χ3n) is 3.39. The molecule has 4 nitrogen and oxygen atoms in total. The summed E-state index contributed by atoms with van der Waals surface area (Å²) in [6.45, 7) is 0. The molecule has 1 fully saturated rings. The van der Waals surface area contributed by atoms with Crippen LogP contribution in [0.3, 0.4) is 0 Å². The summed E-state index contributed by atoms with van der Waals surface area (Å²) in [4.78, 5) is 12.1. The maximum absolute atomic E-state index is 12.1. The Morgan fingerprint density at radius 1 is 1.08 bits per heavy atom. The van der Waals surface area contributed by atoms with Gasteiger partial charge in [0.2, 0.25) is 5.91 Å². The summed E-state index contributed by atoms with van der Waals surface area (Å²) in [6.07, 6.45) is 2.10. The fourth-order valence-electron chi connectivity index (χ4n) is 2.17. The lowest BCUT2D eigenvalue weighted by Gasteiger charge is -2.06. The summed E-state index contributed by atoms with van der Waals surface area (Å²) in [5, 5.41) is 12.2. The van der Waals surface area contributed by atoms with Crippen LogP contribution >= 0.6 is 35.0 Å². The van der Waals surface area contributed by atoms with Gasteiger partial charge in [-0.05, 0) is 24.1 Å². The van der Waals surface area contributed by atoms with Gasteiger partial charge in [-0.25, -0.2) is 0 Å². The highest BCUT2D eigenvalue weighted by molar-refractivity contribution is 8.15. The van der Waals surface area contributed by atoms with E-state index in [0.717, 1.165) is 11.1 Å². The summed E-state index contributed by atoms with van der Waals surface area (Å²) in [5.41, 5.74) is 1.71. The third-order valence-corrected chi connectivity index (χ3v) is 5.18. The Kier molecular flexibility index (Phi) is 5.56. The van der Waals surface area contributed by atoms with Crippen LogP contribution in [0.1, 0.15) is 11.1 Å². The van der Waals surface area contributed by atoms with E-state index >= 15 is 0 Å². The number of carbonyl (C=O) groups is 1. The molecule has 2 aromatic rings. The van der Waals surface area contributed by atoms with Crippen molar-refractivity contribution < 1.29 is 4.79 Å². The Bertz CT molecular complexity index is 823. The molecule has 0 spiro atoms. The van der Waals surface area contributed by atoms with E-state index < -0.39 is 0 Å². The second kappa shape index (κ2) is 7.83. The molecule has 1 unspecified atom stereocenters. The molecule has 0 saturated carbocycles. The molecule has 24 heavy (non-hydrogen) atoms. The molecule has 0 aliphatic carbocycles. The molecule has 1 aliphatic rings. The molecule has 2 aromatic carbocycles. The van der Waals surface area contributed by atoms with E-state index in [9.17, 15) is 4.79 Å². The monoisotopic (exact) mass is 377 g/mol. The van der Waals surface area contributed by atoms with Crippen molar-refractivity contribution in [2.75, 3.05) is 0 Å². The molecule has 1 amide bonds. The first-order valence-electron chi connectivity index (χ1n) is 7.20. The Morgan fingerprint density at radius 3 is 2.54 bits per heavy atom. The molecule has 0 aromatic heterocycles. The molecule has 1 aliphatic heterocycles. The molecule has 0 radical (unpaired) electrons. The molecule has 7 heteroatoms. The van der Waals surface area contributed by atoms with Crippen LogP contribution < -0.4 is 5.32 Å². The average molecular weight is 378 g/mol. The van der Waals surface area contributed by atoms with Gasteiger partial charge in [-0.3, -0.25) is 4.79 Å². The predicted molar refractivity (Wildman–Crippen MR) is 101 cm³/mol.